The molecule has 0 saturated heterocycles. The molecule has 0 aliphatic heterocycles. The topological polar surface area (TPSA) is 65.8 Å². The third kappa shape index (κ3) is 3.62. The maximum Gasteiger partial charge on any atom is 0.416 e. The summed E-state index contributed by atoms with van der Waals surface area (Å²) in [4.78, 5) is 13.1. The molecule has 0 N–H and O–H groups in total. The van der Waals surface area contributed by atoms with Crippen LogP contribution >= 0.6 is 0 Å². The first-order valence-corrected chi connectivity index (χ1v) is 4.44. The van der Waals surface area contributed by atoms with Gasteiger partial charge in [0.15, 0.2) is 0 Å². The molecule has 19 heavy (non-hydrogen) atoms. The molecule has 4 nitrogen and oxygen atoms in total. The fourth-order valence-corrected chi connectivity index (χ4v) is 1.18. The van der Waals surface area contributed by atoms with Crippen molar-refractivity contribution in [1.29, 1.82) is 0 Å². The van der Waals surface area contributed by atoms with Crippen LogP contribution in [0.1, 0.15) is 21.5 Å². The van der Waals surface area contributed by atoms with E-state index in [-0.39, 0.29) is 18.2 Å². The normalized spacial score (nSPS) is 11.9. The quantitative estimate of drug-likeness (QED) is 0.330. The molecule has 0 unspecified atom stereocenters. The van der Waals surface area contributed by atoms with Crippen molar-refractivity contribution < 1.29 is 31.1 Å². The van der Waals surface area contributed by atoms with Crippen molar-refractivity contribution in [3.8, 4) is 0 Å². The van der Waals surface area contributed by atoms with Crippen LogP contribution in [0.3, 0.4) is 0 Å². The average Bonchev–Trinajstić information content (AvgIpc) is 2.26. The fraction of sp³-hybridized carbons (Fsp3) is 0.222. The summed E-state index contributed by atoms with van der Waals surface area (Å²) in [5, 5.41) is 2.45. The average molecular weight is 283 g/mol. The molecule has 0 heterocycles. The van der Waals surface area contributed by atoms with Crippen molar-refractivity contribution in [1.82, 2.24) is 0 Å². The molecule has 10 heteroatoms. The van der Waals surface area contributed by atoms with Gasteiger partial charge in [0.2, 0.25) is 5.91 Å². The fourth-order valence-electron chi connectivity index (χ4n) is 1.18. The van der Waals surface area contributed by atoms with Crippen LogP contribution in [-0.4, -0.2) is 5.91 Å². The second-order valence-corrected chi connectivity index (χ2v) is 3.29. The van der Waals surface area contributed by atoms with E-state index in [9.17, 15) is 31.1 Å². The van der Waals surface area contributed by atoms with Gasteiger partial charge in [-0.3, -0.25) is 4.79 Å². The summed E-state index contributed by atoms with van der Waals surface area (Å²) in [6, 6.07) is 0.241. The lowest BCUT2D eigenvalue weighted by atomic mass is 10.0. The van der Waals surface area contributed by atoms with E-state index in [2.05, 4.69) is 5.11 Å². The number of amides is 1. The molecule has 0 bridgehead atoms. The molecule has 1 aromatic rings. The molecule has 0 spiro atoms. The van der Waals surface area contributed by atoms with Gasteiger partial charge in [0.25, 0.3) is 0 Å². The highest BCUT2D eigenvalue weighted by Gasteiger charge is 2.37. The van der Waals surface area contributed by atoms with Crippen molar-refractivity contribution in [2.75, 3.05) is 0 Å². The molecule has 0 saturated carbocycles. The second-order valence-electron chi connectivity index (χ2n) is 3.29. The van der Waals surface area contributed by atoms with Crippen LogP contribution in [-0.2, 0) is 12.4 Å². The SMILES string of the molecule is [N-]=[N+]=NC(=O)c1cc(C(F)(F)F)cc(C(F)(F)F)c1. The zero-order chi connectivity index (χ0) is 14.8. The maximum absolute atomic E-state index is 12.4. The number of azide groups is 1. The molecule has 0 atom stereocenters. The third-order valence-corrected chi connectivity index (χ3v) is 1.97. The Morgan fingerprint density at radius 2 is 1.42 bits per heavy atom. The van der Waals surface area contributed by atoms with E-state index in [0.717, 1.165) is 0 Å². The number of alkyl halides is 6. The lowest BCUT2D eigenvalue weighted by Crippen LogP contribution is -2.12. The number of halogens is 6. The summed E-state index contributed by atoms with van der Waals surface area (Å²) in [5.74, 6) is -1.53. The molecule has 102 valence electrons. The van der Waals surface area contributed by atoms with Crippen LogP contribution in [0.5, 0.6) is 0 Å². The lowest BCUT2D eigenvalue weighted by molar-refractivity contribution is -0.143. The number of carbonyl (C=O) groups is 1. The zero-order valence-corrected chi connectivity index (χ0v) is 8.75. The Morgan fingerprint density at radius 1 is 1.00 bits per heavy atom. The van der Waals surface area contributed by atoms with Crippen molar-refractivity contribution in [3.05, 3.63) is 45.3 Å². The summed E-state index contributed by atoms with van der Waals surface area (Å²) in [6.45, 7) is 0. The molecule has 1 amide bonds. The number of benzene rings is 1. The highest BCUT2D eigenvalue weighted by molar-refractivity contribution is 5.95. The Kier molecular flexibility index (Phi) is 3.75. The van der Waals surface area contributed by atoms with Crippen molar-refractivity contribution in [3.63, 3.8) is 0 Å². The number of nitrogens with zero attached hydrogens (tertiary/aromatic N) is 3. The van der Waals surface area contributed by atoms with Gasteiger partial charge in [0.1, 0.15) is 0 Å². The minimum absolute atomic E-state index is 0.132. The van der Waals surface area contributed by atoms with Gasteiger partial charge in [-0.1, -0.05) is 0 Å². The third-order valence-electron chi connectivity index (χ3n) is 1.97. The molecular weight excluding hydrogens is 280 g/mol. The highest BCUT2D eigenvalue weighted by Crippen LogP contribution is 2.36. The van der Waals surface area contributed by atoms with Gasteiger partial charge < -0.3 is 0 Å². The summed E-state index contributed by atoms with van der Waals surface area (Å²) < 4.78 is 74.4. The molecule has 0 aliphatic rings. The van der Waals surface area contributed by atoms with Gasteiger partial charge in [-0.25, -0.2) is 0 Å². The van der Waals surface area contributed by atoms with Crippen LogP contribution in [0, 0.1) is 0 Å². The molecular formula is C9H3F6N3O. The van der Waals surface area contributed by atoms with E-state index in [1.807, 2.05) is 4.91 Å². The number of hydrogen-bond donors (Lipinski definition) is 0. The van der Waals surface area contributed by atoms with E-state index < -0.39 is 35.0 Å². The first-order chi connectivity index (χ1) is 8.55. The van der Waals surface area contributed by atoms with Crippen LogP contribution < -0.4 is 0 Å². The molecule has 1 rings (SSSR count). The predicted molar refractivity (Wildman–Crippen MR) is 49.9 cm³/mol. The van der Waals surface area contributed by atoms with Crippen molar-refractivity contribution in [2.45, 2.75) is 12.4 Å². The Hall–Kier alpha value is -2.22. The van der Waals surface area contributed by atoms with Gasteiger partial charge in [0, 0.05) is 10.5 Å². The van der Waals surface area contributed by atoms with Gasteiger partial charge in [-0.2, -0.15) is 26.3 Å². The Bertz CT molecular complexity index is 524. The Balaban J connectivity index is 3.49. The van der Waals surface area contributed by atoms with E-state index >= 15 is 0 Å². The summed E-state index contributed by atoms with van der Waals surface area (Å²) >= 11 is 0. The minimum Gasteiger partial charge on any atom is -0.287 e. The van der Waals surface area contributed by atoms with E-state index in [0.29, 0.717) is 0 Å². The van der Waals surface area contributed by atoms with E-state index in [1.165, 1.54) is 0 Å². The van der Waals surface area contributed by atoms with Gasteiger partial charge in [0.05, 0.1) is 11.1 Å². The second kappa shape index (κ2) is 4.81. The number of carbonyl (C=O) groups excluding carboxylic acids is 1. The number of hydrogen-bond acceptors (Lipinski definition) is 1. The van der Waals surface area contributed by atoms with Gasteiger partial charge in [-0.05, 0) is 28.8 Å². The number of rotatable bonds is 1. The molecule has 1 aromatic carbocycles. The lowest BCUT2D eigenvalue weighted by Gasteiger charge is -2.12. The first kappa shape index (κ1) is 14.8. The van der Waals surface area contributed by atoms with E-state index in [1.54, 1.807) is 0 Å². The summed E-state index contributed by atoms with van der Waals surface area (Å²) in [6.07, 6.45) is -10.1. The highest BCUT2D eigenvalue weighted by atomic mass is 19.4. The largest absolute Gasteiger partial charge is 0.416 e. The monoisotopic (exact) mass is 283 g/mol. The zero-order valence-electron chi connectivity index (χ0n) is 8.75. The maximum atomic E-state index is 12.4. The van der Waals surface area contributed by atoms with Crippen LogP contribution in [0.25, 0.3) is 10.4 Å². The standard InChI is InChI=1S/C9H3F6N3O/c10-8(11,12)5-1-4(7(19)17-18-16)2-6(3-5)9(13,14)15/h1-3H. The Labute approximate surface area is 101 Å². The molecule has 0 aromatic heterocycles. The van der Waals surface area contributed by atoms with Gasteiger partial charge in [-0.15, -0.1) is 0 Å². The van der Waals surface area contributed by atoms with Crippen molar-refractivity contribution >= 4 is 5.91 Å². The van der Waals surface area contributed by atoms with Crippen LogP contribution in [0.2, 0.25) is 0 Å². The molecule has 0 radical (unpaired) electrons. The summed E-state index contributed by atoms with van der Waals surface area (Å²) in [5.41, 5.74) is 3.66. The molecule has 0 aliphatic carbocycles. The van der Waals surface area contributed by atoms with Gasteiger partial charge >= 0.3 is 12.4 Å². The summed E-state index contributed by atoms with van der Waals surface area (Å²) in [7, 11) is 0. The van der Waals surface area contributed by atoms with E-state index in [4.69, 9.17) is 5.53 Å². The minimum atomic E-state index is -5.06. The van der Waals surface area contributed by atoms with Crippen molar-refractivity contribution in [2.24, 2.45) is 5.11 Å². The molecule has 0 fully saturated rings. The predicted octanol–water partition coefficient (Wildman–Crippen LogP) is 4.17. The Morgan fingerprint density at radius 3 is 1.74 bits per heavy atom. The van der Waals surface area contributed by atoms with Crippen LogP contribution in [0.15, 0.2) is 23.3 Å². The first-order valence-electron chi connectivity index (χ1n) is 4.44. The van der Waals surface area contributed by atoms with Crippen LogP contribution in [0.4, 0.5) is 26.3 Å². The smallest absolute Gasteiger partial charge is 0.287 e.